The van der Waals surface area contributed by atoms with Gasteiger partial charge in [-0.2, -0.15) is 0 Å². The van der Waals surface area contributed by atoms with E-state index in [4.69, 9.17) is 5.11 Å². The van der Waals surface area contributed by atoms with Gasteiger partial charge < -0.3 is 5.11 Å². The molecule has 2 N–H and O–H groups in total. The summed E-state index contributed by atoms with van der Waals surface area (Å²) in [5.74, 6) is -6.37. The molecule has 9 nitrogen and oxygen atoms in total. The molecule has 1 aromatic heterocycles. The molecule has 0 radical (unpaired) electrons. The van der Waals surface area contributed by atoms with E-state index >= 15 is 0 Å². The summed E-state index contributed by atoms with van der Waals surface area (Å²) in [6.45, 7) is 2.71. The molecular weight excluding hydrogens is 438 g/mol. The van der Waals surface area contributed by atoms with E-state index < -0.39 is 54.4 Å². The van der Waals surface area contributed by atoms with Gasteiger partial charge in [0.05, 0.1) is 30.0 Å². The van der Waals surface area contributed by atoms with Crippen LogP contribution in [0.4, 0.5) is 8.78 Å². The quantitative estimate of drug-likeness (QED) is 0.654. The summed E-state index contributed by atoms with van der Waals surface area (Å²) < 4.78 is 32.8. The number of nitrogens with one attached hydrogen (secondary N) is 1. The van der Waals surface area contributed by atoms with Crippen LogP contribution in [0.25, 0.3) is 11.0 Å². The summed E-state index contributed by atoms with van der Waals surface area (Å²) in [5, 5.41) is 11.2. The van der Waals surface area contributed by atoms with Crippen LogP contribution >= 0.6 is 0 Å². The van der Waals surface area contributed by atoms with Crippen LogP contribution in [0.3, 0.4) is 0 Å². The number of carboxylic acids is 1. The summed E-state index contributed by atoms with van der Waals surface area (Å²) in [6, 6.07) is 3.55. The molecule has 0 bridgehead atoms. The molecule has 178 valence electrons. The van der Waals surface area contributed by atoms with Crippen molar-refractivity contribution >= 4 is 28.8 Å². The van der Waals surface area contributed by atoms with Crippen LogP contribution in [0.5, 0.6) is 0 Å². The summed E-state index contributed by atoms with van der Waals surface area (Å²) in [6.07, 6.45) is 0.367. The molecule has 2 aromatic rings. The van der Waals surface area contributed by atoms with Crippen molar-refractivity contribution in [2.75, 3.05) is 19.6 Å². The first-order valence-electron chi connectivity index (χ1n) is 10.9. The fourth-order valence-corrected chi connectivity index (χ4v) is 4.95. The molecule has 1 aromatic carbocycles. The monoisotopic (exact) mass is 464 g/mol. The van der Waals surface area contributed by atoms with Crippen LogP contribution in [-0.4, -0.2) is 62.5 Å². The van der Waals surface area contributed by atoms with E-state index in [9.17, 15) is 28.0 Å². The molecule has 2 aliphatic rings. The van der Waals surface area contributed by atoms with Gasteiger partial charge in [-0.1, -0.05) is 6.07 Å². The van der Waals surface area contributed by atoms with Crippen LogP contribution in [0.2, 0.25) is 0 Å². The van der Waals surface area contributed by atoms with Crippen molar-refractivity contribution < 1.29 is 28.3 Å². The minimum absolute atomic E-state index is 0.0749. The Hall–Kier alpha value is -3.08. The average Bonchev–Trinajstić information content (AvgIpc) is 2.98. The molecular formula is C22H26F2N4O5. The molecule has 0 spiro atoms. The summed E-state index contributed by atoms with van der Waals surface area (Å²) in [7, 11) is 0. The maximum atomic E-state index is 15.0. The van der Waals surface area contributed by atoms with Gasteiger partial charge in [-0.3, -0.25) is 33.7 Å². The van der Waals surface area contributed by atoms with E-state index in [2.05, 4.69) is 5.32 Å². The average molecular weight is 464 g/mol. The number of benzene rings is 1. The third-order valence-electron chi connectivity index (χ3n) is 6.41. The molecule has 2 amide bonds. The number of halogens is 2. The van der Waals surface area contributed by atoms with Crippen molar-refractivity contribution in [2.45, 2.75) is 57.0 Å². The maximum absolute atomic E-state index is 15.0. The standard InChI is InChI=1S/C22H26F2N4O5/c1-12(2)27-17-9-13(14-7-8-26(10-19(30)31)11-22(14,23)24)3-4-15(17)28(21(27)33)16-5-6-18(29)25-20(16)32/h3-4,9,12,14,16H,5-8,10-11H2,1-2H3,(H,30,31)(H,25,29,32). The van der Waals surface area contributed by atoms with E-state index in [1.165, 1.54) is 14.0 Å². The van der Waals surface area contributed by atoms with Gasteiger partial charge in [0.2, 0.25) is 11.8 Å². The van der Waals surface area contributed by atoms with Gasteiger partial charge in [-0.15, -0.1) is 0 Å². The Bertz CT molecular complexity index is 1190. The molecule has 4 rings (SSSR count). The molecule has 2 fully saturated rings. The van der Waals surface area contributed by atoms with Crippen LogP contribution in [-0.2, 0) is 14.4 Å². The van der Waals surface area contributed by atoms with Crippen molar-refractivity contribution in [2.24, 2.45) is 0 Å². The zero-order valence-electron chi connectivity index (χ0n) is 18.4. The number of nitrogens with zero attached hydrogens (tertiary/aromatic N) is 3. The van der Waals surface area contributed by atoms with Gasteiger partial charge in [0.25, 0.3) is 5.92 Å². The number of likely N-dealkylation sites (tertiary alicyclic amines) is 1. The first-order valence-corrected chi connectivity index (χ1v) is 10.9. The molecule has 2 saturated heterocycles. The zero-order valence-corrected chi connectivity index (χ0v) is 18.4. The molecule has 2 unspecified atom stereocenters. The minimum Gasteiger partial charge on any atom is -0.480 e. The third kappa shape index (κ3) is 4.17. The molecule has 3 heterocycles. The molecule has 33 heavy (non-hydrogen) atoms. The van der Waals surface area contributed by atoms with Crippen LogP contribution in [0, 0.1) is 0 Å². The number of fused-ring (bicyclic) bond motifs is 1. The summed E-state index contributed by atoms with van der Waals surface area (Å²) >= 11 is 0. The number of piperidine rings is 2. The highest BCUT2D eigenvalue weighted by molar-refractivity contribution is 6.00. The number of imide groups is 1. The summed E-state index contributed by atoms with van der Waals surface area (Å²) in [4.78, 5) is 49.4. The number of aliphatic carboxylic acids is 1. The fourth-order valence-electron chi connectivity index (χ4n) is 4.95. The second kappa shape index (κ2) is 8.36. The molecule has 0 aliphatic carbocycles. The van der Waals surface area contributed by atoms with Crippen molar-refractivity contribution in [3.8, 4) is 0 Å². The van der Waals surface area contributed by atoms with Gasteiger partial charge in [0.1, 0.15) is 6.04 Å². The Morgan fingerprint density at radius 1 is 1.21 bits per heavy atom. The topological polar surface area (TPSA) is 114 Å². The molecule has 2 atom stereocenters. The van der Waals surface area contributed by atoms with E-state index in [-0.39, 0.29) is 31.8 Å². The Morgan fingerprint density at radius 3 is 2.55 bits per heavy atom. The lowest BCUT2D eigenvalue weighted by molar-refractivity contribution is -0.142. The molecule has 0 saturated carbocycles. The highest BCUT2D eigenvalue weighted by atomic mass is 19.3. The Balaban J connectivity index is 1.76. The first-order chi connectivity index (χ1) is 15.5. The zero-order chi connectivity index (χ0) is 24.1. The lowest BCUT2D eigenvalue weighted by Gasteiger charge is -2.38. The van der Waals surface area contributed by atoms with Crippen molar-refractivity contribution in [3.05, 3.63) is 34.2 Å². The van der Waals surface area contributed by atoms with Crippen LogP contribution in [0.1, 0.15) is 56.7 Å². The maximum Gasteiger partial charge on any atom is 0.330 e. The fraction of sp³-hybridized carbons (Fsp3) is 0.545. The minimum atomic E-state index is -3.14. The van der Waals surface area contributed by atoms with E-state index in [0.717, 1.165) is 0 Å². The van der Waals surface area contributed by atoms with Gasteiger partial charge in [-0.25, -0.2) is 13.6 Å². The number of hydrogen-bond donors (Lipinski definition) is 2. The number of carbonyl (C=O) groups excluding carboxylic acids is 2. The number of alkyl halides is 2. The second-order valence-corrected chi connectivity index (χ2v) is 9.04. The highest BCUT2D eigenvalue weighted by Crippen LogP contribution is 2.41. The van der Waals surface area contributed by atoms with Crippen LogP contribution in [0.15, 0.2) is 23.0 Å². The number of amides is 2. The number of imidazole rings is 1. The molecule has 11 heteroatoms. The predicted molar refractivity (Wildman–Crippen MR) is 114 cm³/mol. The van der Waals surface area contributed by atoms with E-state index in [1.54, 1.807) is 32.0 Å². The largest absolute Gasteiger partial charge is 0.480 e. The third-order valence-corrected chi connectivity index (χ3v) is 6.41. The molecule has 2 aliphatic heterocycles. The first kappa shape index (κ1) is 23.1. The van der Waals surface area contributed by atoms with E-state index in [0.29, 0.717) is 16.6 Å². The van der Waals surface area contributed by atoms with Crippen molar-refractivity contribution in [1.29, 1.82) is 0 Å². The van der Waals surface area contributed by atoms with Gasteiger partial charge >= 0.3 is 11.7 Å². The Labute approximate surface area is 188 Å². The predicted octanol–water partition coefficient (Wildman–Crippen LogP) is 1.87. The summed E-state index contributed by atoms with van der Waals surface area (Å²) in [5.41, 5.74) is 0.812. The van der Waals surface area contributed by atoms with Crippen molar-refractivity contribution in [1.82, 2.24) is 19.4 Å². The second-order valence-electron chi connectivity index (χ2n) is 9.04. The number of aromatic nitrogens is 2. The number of carboxylic acid groups (broad SMARTS) is 1. The normalized spacial score (nSPS) is 23.8. The van der Waals surface area contributed by atoms with Gasteiger partial charge in [-0.05, 0) is 50.9 Å². The Morgan fingerprint density at radius 2 is 1.94 bits per heavy atom. The number of carbonyl (C=O) groups is 3. The van der Waals surface area contributed by atoms with Crippen molar-refractivity contribution in [3.63, 3.8) is 0 Å². The SMILES string of the molecule is CC(C)n1c(=O)n(C2CCC(=O)NC2=O)c2ccc(C3CCN(CC(=O)O)CC3(F)F)cc21. The lowest BCUT2D eigenvalue weighted by atomic mass is 9.86. The van der Waals surface area contributed by atoms with E-state index in [1.807, 2.05) is 0 Å². The Kier molecular flexibility index (Phi) is 5.85. The van der Waals surface area contributed by atoms with Gasteiger partial charge in [0.15, 0.2) is 0 Å². The lowest BCUT2D eigenvalue weighted by Crippen LogP contribution is -2.48. The van der Waals surface area contributed by atoms with Gasteiger partial charge in [0, 0.05) is 12.5 Å². The van der Waals surface area contributed by atoms with Crippen LogP contribution < -0.4 is 11.0 Å². The number of hydrogen-bond acceptors (Lipinski definition) is 5. The highest BCUT2D eigenvalue weighted by Gasteiger charge is 2.45. The number of rotatable bonds is 5. The smallest absolute Gasteiger partial charge is 0.330 e.